The van der Waals surface area contributed by atoms with Gasteiger partial charge in [-0.3, -0.25) is 4.79 Å². The summed E-state index contributed by atoms with van der Waals surface area (Å²) in [5.41, 5.74) is 1.46. The van der Waals surface area contributed by atoms with E-state index in [0.717, 1.165) is 12.8 Å². The molecular weight excluding hydrogens is 392 g/mol. The lowest BCUT2D eigenvalue weighted by Crippen LogP contribution is -2.26. The first kappa shape index (κ1) is 19.2. The van der Waals surface area contributed by atoms with Gasteiger partial charge in [0, 0.05) is 24.0 Å². The number of hydrogen-bond acceptors (Lipinski definition) is 5. The van der Waals surface area contributed by atoms with Gasteiger partial charge in [-0.15, -0.1) is 0 Å². The van der Waals surface area contributed by atoms with E-state index >= 15 is 0 Å². The minimum absolute atomic E-state index is 0.0527. The molecule has 0 radical (unpaired) electrons. The summed E-state index contributed by atoms with van der Waals surface area (Å²) in [6.45, 7) is 0. The van der Waals surface area contributed by atoms with Crippen molar-refractivity contribution in [3.63, 3.8) is 0 Å². The lowest BCUT2D eigenvalue weighted by molar-refractivity contribution is 0.102. The van der Waals surface area contributed by atoms with Crippen LogP contribution in [0.2, 0.25) is 0 Å². The molecule has 1 amide bonds. The van der Waals surface area contributed by atoms with E-state index in [-0.39, 0.29) is 22.3 Å². The van der Waals surface area contributed by atoms with Crippen molar-refractivity contribution in [1.82, 2.24) is 14.5 Å². The molecule has 29 heavy (non-hydrogen) atoms. The average molecular weight is 412 g/mol. The minimum atomic E-state index is -3.78. The number of nitrogens with one attached hydrogen (secondary N) is 2. The Balaban J connectivity index is 1.64. The number of ether oxygens (including phenoxy) is 1. The molecule has 1 fully saturated rings. The van der Waals surface area contributed by atoms with Crippen LogP contribution >= 0.6 is 0 Å². The van der Waals surface area contributed by atoms with E-state index in [1.165, 1.54) is 25.3 Å². The second kappa shape index (κ2) is 7.69. The highest BCUT2D eigenvalue weighted by atomic mass is 32.2. The molecule has 150 valence electrons. The highest BCUT2D eigenvalue weighted by Crippen LogP contribution is 2.29. The van der Waals surface area contributed by atoms with E-state index in [1.807, 2.05) is 12.1 Å². The van der Waals surface area contributed by atoms with Crippen molar-refractivity contribution in [2.45, 2.75) is 23.8 Å². The SMILES string of the molecule is COc1ccc(C(=O)Nc2ccccc2-n2cccn2)cc1S(=O)(=O)NC1CC1. The summed E-state index contributed by atoms with van der Waals surface area (Å²) in [5.74, 6) is -0.248. The van der Waals surface area contributed by atoms with Crippen LogP contribution in [0.4, 0.5) is 5.69 Å². The molecule has 1 saturated carbocycles. The number of methoxy groups -OCH3 is 1. The molecule has 0 spiro atoms. The van der Waals surface area contributed by atoms with Crippen molar-refractivity contribution >= 4 is 21.6 Å². The summed E-state index contributed by atoms with van der Waals surface area (Å²) in [5, 5.41) is 7.02. The third kappa shape index (κ3) is 4.15. The zero-order valence-electron chi connectivity index (χ0n) is 15.7. The summed E-state index contributed by atoms with van der Waals surface area (Å²) >= 11 is 0. The topological polar surface area (TPSA) is 102 Å². The van der Waals surface area contributed by atoms with Crippen molar-refractivity contribution in [2.75, 3.05) is 12.4 Å². The highest BCUT2D eigenvalue weighted by Gasteiger charge is 2.30. The first-order valence-electron chi connectivity index (χ1n) is 9.09. The maximum absolute atomic E-state index is 12.9. The molecule has 2 N–H and O–H groups in total. The summed E-state index contributed by atoms with van der Waals surface area (Å²) in [7, 11) is -2.39. The van der Waals surface area contributed by atoms with Crippen LogP contribution in [0.3, 0.4) is 0 Å². The summed E-state index contributed by atoms with van der Waals surface area (Å²) in [6, 6.07) is 13.3. The number of para-hydroxylation sites is 2. The Kier molecular flexibility index (Phi) is 5.08. The summed E-state index contributed by atoms with van der Waals surface area (Å²) in [6.07, 6.45) is 5.04. The third-order valence-electron chi connectivity index (χ3n) is 4.52. The predicted octanol–water partition coefficient (Wildman–Crippen LogP) is 2.57. The van der Waals surface area contributed by atoms with Gasteiger partial charge in [-0.05, 0) is 49.2 Å². The molecule has 0 saturated heterocycles. The number of anilines is 1. The standard InChI is InChI=1S/C20H20N4O4S/c1-28-18-10-7-14(13-19(18)29(26,27)23-15-8-9-15)20(25)22-16-5-2-3-6-17(16)24-12-4-11-21-24/h2-7,10-13,15,23H,8-9H2,1H3,(H,22,25). The van der Waals surface area contributed by atoms with Crippen molar-refractivity contribution in [1.29, 1.82) is 0 Å². The molecule has 0 bridgehead atoms. The average Bonchev–Trinajstić information content (AvgIpc) is 3.35. The van der Waals surface area contributed by atoms with Crippen LogP contribution in [0.5, 0.6) is 5.75 Å². The fourth-order valence-electron chi connectivity index (χ4n) is 2.90. The fraction of sp³-hybridized carbons (Fsp3) is 0.200. The number of aromatic nitrogens is 2. The number of sulfonamides is 1. The van der Waals surface area contributed by atoms with Gasteiger partial charge < -0.3 is 10.1 Å². The molecule has 9 heteroatoms. The van der Waals surface area contributed by atoms with Crippen LogP contribution < -0.4 is 14.8 Å². The summed E-state index contributed by atoms with van der Waals surface area (Å²) < 4.78 is 34.8. The van der Waals surface area contributed by atoms with Gasteiger partial charge in [0.05, 0.1) is 18.5 Å². The van der Waals surface area contributed by atoms with Crippen LogP contribution in [0.1, 0.15) is 23.2 Å². The number of benzene rings is 2. The van der Waals surface area contributed by atoms with Gasteiger partial charge in [0.2, 0.25) is 10.0 Å². The van der Waals surface area contributed by atoms with E-state index in [0.29, 0.717) is 11.4 Å². The quantitative estimate of drug-likeness (QED) is 0.621. The van der Waals surface area contributed by atoms with Gasteiger partial charge >= 0.3 is 0 Å². The predicted molar refractivity (Wildman–Crippen MR) is 108 cm³/mol. The van der Waals surface area contributed by atoms with Crippen molar-refractivity contribution in [3.8, 4) is 11.4 Å². The van der Waals surface area contributed by atoms with Crippen LogP contribution in [-0.2, 0) is 10.0 Å². The Hall–Kier alpha value is -3.17. The van der Waals surface area contributed by atoms with Gasteiger partial charge in [-0.25, -0.2) is 17.8 Å². The number of rotatable bonds is 7. The molecule has 1 aliphatic rings. The monoisotopic (exact) mass is 412 g/mol. The maximum atomic E-state index is 12.9. The Bertz CT molecular complexity index is 1140. The Morgan fingerprint density at radius 1 is 1.17 bits per heavy atom. The third-order valence-corrected chi connectivity index (χ3v) is 6.06. The molecule has 1 heterocycles. The molecule has 1 aromatic heterocycles. The molecule has 0 atom stereocenters. The van der Waals surface area contributed by atoms with E-state index in [1.54, 1.807) is 35.3 Å². The molecule has 1 aliphatic carbocycles. The smallest absolute Gasteiger partial charge is 0.255 e. The van der Waals surface area contributed by atoms with Gasteiger partial charge in [-0.2, -0.15) is 5.10 Å². The number of carbonyl (C=O) groups excluding carboxylic acids is 1. The zero-order valence-corrected chi connectivity index (χ0v) is 16.5. The van der Waals surface area contributed by atoms with Crippen molar-refractivity contribution in [2.24, 2.45) is 0 Å². The lowest BCUT2D eigenvalue weighted by atomic mass is 10.2. The number of amides is 1. The van der Waals surface area contributed by atoms with Crippen LogP contribution in [-0.4, -0.2) is 37.3 Å². The minimum Gasteiger partial charge on any atom is -0.495 e. The first-order chi connectivity index (χ1) is 14.0. The number of hydrogen-bond donors (Lipinski definition) is 2. The van der Waals surface area contributed by atoms with E-state index in [2.05, 4.69) is 15.1 Å². The fourth-order valence-corrected chi connectivity index (χ4v) is 4.40. The Morgan fingerprint density at radius 2 is 1.97 bits per heavy atom. The molecular formula is C20H20N4O4S. The largest absolute Gasteiger partial charge is 0.495 e. The second-order valence-electron chi connectivity index (χ2n) is 6.68. The van der Waals surface area contributed by atoms with Crippen LogP contribution in [0, 0.1) is 0 Å². The molecule has 0 unspecified atom stereocenters. The lowest BCUT2D eigenvalue weighted by Gasteiger charge is -2.14. The first-order valence-corrected chi connectivity index (χ1v) is 10.6. The molecule has 8 nitrogen and oxygen atoms in total. The summed E-state index contributed by atoms with van der Waals surface area (Å²) in [4.78, 5) is 12.8. The van der Waals surface area contributed by atoms with Gasteiger partial charge in [-0.1, -0.05) is 12.1 Å². The Morgan fingerprint density at radius 3 is 2.66 bits per heavy atom. The van der Waals surface area contributed by atoms with E-state index in [9.17, 15) is 13.2 Å². The zero-order chi connectivity index (χ0) is 20.4. The molecule has 3 aromatic rings. The van der Waals surface area contributed by atoms with Gasteiger partial charge in [0.15, 0.2) is 0 Å². The molecule has 0 aliphatic heterocycles. The second-order valence-corrected chi connectivity index (χ2v) is 8.37. The van der Waals surface area contributed by atoms with Crippen molar-refractivity contribution < 1.29 is 17.9 Å². The van der Waals surface area contributed by atoms with Gasteiger partial charge in [0.25, 0.3) is 5.91 Å². The van der Waals surface area contributed by atoms with E-state index in [4.69, 9.17) is 4.74 Å². The van der Waals surface area contributed by atoms with E-state index < -0.39 is 15.9 Å². The normalized spacial score (nSPS) is 13.8. The van der Waals surface area contributed by atoms with Crippen molar-refractivity contribution in [3.05, 3.63) is 66.5 Å². The Labute approximate surface area is 168 Å². The highest BCUT2D eigenvalue weighted by molar-refractivity contribution is 7.89. The van der Waals surface area contributed by atoms with Crippen LogP contribution in [0.15, 0.2) is 65.8 Å². The van der Waals surface area contributed by atoms with Gasteiger partial charge in [0.1, 0.15) is 10.6 Å². The number of carbonyl (C=O) groups is 1. The maximum Gasteiger partial charge on any atom is 0.255 e. The van der Waals surface area contributed by atoms with Crippen LogP contribution in [0.25, 0.3) is 5.69 Å². The molecule has 2 aromatic carbocycles. The molecule has 4 rings (SSSR count). The number of nitrogens with zero attached hydrogens (tertiary/aromatic N) is 2.